The van der Waals surface area contributed by atoms with Crippen LogP contribution >= 0.6 is 0 Å². The van der Waals surface area contributed by atoms with Crippen LogP contribution in [0, 0.1) is 0 Å². The van der Waals surface area contributed by atoms with E-state index in [2.05, 4.69) is 6.92 Å². The molecule has 0 heterocycles. The Kier molecular flexibility index (Phi) is 10.5. The summed E-state index contributed by atoms with van der Waals surface area (Å²) in [5, 5.41) is 9.61. The average molecular weight is 230 g/mol. The number of hydrogen-bond acceptors (Lipinski definition) is 3. The van der Waals surface area contributed by atoms with Gasteiger partial charge in [-0.05, 0) is 25.7 Å². The predicted molar refractivity (Wildman–Crippen MR) is 65.2 cm³/mol. The molecule has 0 spiro atoms. The van der Waals surface area contributed by atoms with Gasteiger partial charge in [0, 0.05) is 6.42 Å². The van der Waals surface area contributed by atoms with Gasteiger partial charge in [0.1, 0.15) is 0 Å². The molecule has 0 amide bonds. The van der Waals surface area contributed by atoms with Crippen LogP contribution in [-0.4, -0.2) is 23.8 Å². The molecule has 3 heteroatoms. The molecule has 1 N–H and O–H groups in total. The summed E-state index contributed by atoms with van der Waals surface area (Å²) in [6.45, 7) is 4.64. The minimum atomic E-state index is -0.245. The van der Waals surface area contributed by atoms with Gasteiger partial charge in [-0.15, -0.1) is 0 Å². The fourth-order valence-corrected chi connectivity index (χ4v) is 1.54. The zero-order valence-electron chi connectivity index (χ0n) is 10.7. The molecule has 96 valence electrons. The molecule has 0 rings (SSSR count). The molecule has 0 bridgehead atoms. The quantitative estimate of drug-likeness (QED) is 0.463. The number of unbranched alkanes of at least 4 members (excludes halogenated alkanes) is 2. The third kappa shape index (κ3) is 9.97. The van der Waals surface area contributed by atoms with Crippen molar-refractivity contribution in [3.63, 3.8) is 0 Å². The van der Waals surface area contributed by atoms with E-state index in [4.69, 9.17) is 4.74 Å². The summed E-state index contributed by atoms with van der Waals surface area (Å²) in [4.78, 5) is 11.1. The maximum absolute atomic E-state index is 11.1. The van der Waals surface area contributed by atoms with Gasteiger partial charge in [-0.2, -0.15) is 0 Å². The standard InChI is InChI=1S/C13H26O3/c1-3-5-6-8-12(14)9-7-10-13(15)16-11-4-2/h12,14H,3-11H2,1-2H3. The molecule has 0 aromatic carbocycles. The third-order valence-corrected chi connectivity index (χ3v) is 2.53. The molecule has 0 fully saturated rings. The number of ether oxygens (including phenoxy) is 1. The van der Waals surface area contributed by atoms with Gasteiger partial charge in [0.05, 0.1) is 12.7 Å². The number of aliphatic hydroxyl groups is 1. The molecular formula is C13H26O3. The minimum Gasteiger partial charge on any atom is -0.466 e. The molecular weight excluding hydrogens is 204 g/mol. The van der Waals surface area contributed by atoms with Gasteiger partial charge in [0.15, 0.2) is 0 Å². The summed E-state index contributed by atoms with van der Waals surface area (Å²) in [5.74, 6) is -0.136. The van der Waals surface area contributed by atoms with E-state index in [0.717, 1.165) is 25.7 Å². The van der Waals surface area contributed by atoms with Gasteiger partial charge in [-0.3, -0.25) is 4.79 Å². The van der Waals surface area contributed by atoms with Crippen molar-refractivity contribution in [2.24, 2.45) is 0 Å². The molecule has 0 aromatic rings. The van der Waals surface area contributed by atoms with Crippen LogP contribution in [0.5, 0.6) is 0 Å². The van der Waals surface area contributed by atoms with Crippen molar-refractivity contribution in [2.75, 3.05) is 6.61 Å². The van der Waals surface area contributed by atoms with Crippen molar-refractivity contribution in [1.82, 2.24) is 0 Å². The highest BCUT2D eigenvalue weighted by atomic mass is 16.5. The zero-order chi connectivity index (χ0) is 12.2. The highest BCUT2D eigenvalue weighted by Gasteiger charge is 2.06. The maximum atomic E-state index is 11.1. The lowest BCUT2D eigenvalue weighted by molar-refractivity contribution is -0.143. The molecule has 0 saturated carbocycles. The van der Waals surface area contributed by atoms with Crippen molar-refractivity contribution in [2.45, 2.75) is 71.3 Å². The van der Waals surface area contributed by atoms with Gasteiger partial charge >= 0.3 is 5.97 Å². The second kappa shape index (κ2) is 10.9. The van der Waals surface area contributed by atoms with Crippen molar-refractivity contribution >= 4 is 5.97 Å². The summed E-state index contributed by atoms with van der Waals surface area (Å²) in [6, 6.07) is 0. The SMILES string of the molecule is CCCCCC(O)CCCC(=O)OCCC. The first-order valence-electron chi connectivity index (χ1n) is 6.54. The normalized spacial score (nSPS) is 12.4. The lowest BCUT2D eigenvalue weighted by Crippen LogP contribution is -2.09. The summed E-state index contributed by atoms with van der Waals surface area (Å²) in [7, 11) is 0. The van der Waals surface area contributed by atoms with Crippen LogP contribution in [0.2, 0.25) is 0 Å². The van der Waals surface area contributed by atoms with Gasteiger partial charge < -0.3 is 9.84 Å². The summed E-state index contributed by atoms with van der Waals surface area (Å²) < 4.78 is 4.95. The van der Waals surface area contributed by atoms with Gasteiger partial charge in [-0.1, -0.05) is 33.1 Å². The van der Waals surface area contributed by atoms with E-state index in [9.17, 15) is 9.90 Å². The molecule has 1 atom stereocenters. The van der Waals surface area contributed by atoms with E-state index in [1.807, 2.05) is 6.92 Å². The van der Waals surface area contributed by atoms with E-state index < -0.39 is 0 Å². The zero-order valence-corrected chi connectivity index (χ0v) is 10.7. The van der Waals surface area contributed by atoms with Crippen molar-refractivity contribution in [3.8, 4) is 0 Å². The Hall–Kier alpha value is -0.570. The molecule has 0 saturated heterocycles. The second-order valence-corrected chi connectivity index (χ2v) is 4.26. The topological polar surface area (TPSA) is 46.5 Å². The Morgan fingerprint density at radius 1 is 1.12 bits per heavy atom. The number of hydrogen-bond donors (Lipinski definition) is 1. The van der Waals surface area contributed by atoms with Gasteiger partial charge in [0.25, 0.3) is 0 Å². The number of carbonyl (C=O) groups excluding carboxylic acids is 1. The summed E-state index contributed by atoms with van der Waals surface area (Å²) in [5.41, 5.74) is 0. The second-order valence-electron chi connectivity index (χ2n) is 4.26. The molecule has 3 nitrogen and oxygen atoms in total. The van der Waals surface area contributed by atoms with Crippen LogP contribution < -0.4 is 0 Å². The van der Waals surface area contributed by atoms with Gasteiger partial charge in [0.2, 0.25) is 0 Å². The average Bonchev–Trinajstić information content (AvgIpc) is 2.26. The first kappa shape index (κ1) is 15.4. The van der Waals surface area contributed by atoms with Crippen LogP contribution in [0.4, 0.5) is 0 Å². The third-order valence-electron chi connectivity index (χ3n) is 2.53. The van der Waals surface area contributed by atoms with E-state index in [1.165, 1.54) is 12.8 Å². The van der Waals surface area contributed by atoms with Crippen molar-refractivity contribution in [3.05, 3.63) is 0 Å². The fraction of sp³-hybridized carbons (Fsp3) is 0.923. The molecule has 16 heavy (non-hydrogen) atoms. The summed E-state index contributed by atoms with van der Waals surface area (Å²) >= 11 is 0. The Morgan fingerprint density at radius 3 is 2.44 bits per heavy atom. The first-order valence-corrected chi connectivity index (χ1v) is 6.54. The van der Waals surface area contributed by atoms with E-state index in [0.29, 0.717) is 19.4 Å². The molecule has 0 radical (unpaired) electrons. The van der Waals surface area contributed by atoms with Crippen LogP contribution in [0.1, 0.15) is 65.2 Å². The van der Waals surface area contributed by atoms with Crippen molar-refractivity contribution in [1.29, 1.82) is 0 Å². The minimum absolute atomic E-state index is 0.136. The number of carbonyl (C=O) groups is 1. The molecule has 0 aliphatic carbocycles. The van der Waals surface area contributed by atoms with Crippen LogP contribution in [0.3, 0.4) is 0 Å². The van der Waals surface area contributed by atoms with Crippen molar-refractivity contribution < 1.29 is 14.6 Å². The predicted octanol–water partition coefficient (Wildman–Crippen LogP) is 3.05. The highest BCUT2D eigenvalue weighted by Crippen LogP contribution is 2.10. The maximum Gasteiger partial charge on any atom is 0.305 e. The smallest absolute Gasteiger partial charge is 0.305 e. The molecule has 0 aliphatic heterocycles. The Labute approximate surface area is 99.2 Å². The fourth-order valence-electron chi connectivity index (χ4n) is 1.54. The molecule has 1 unspecified atom stereocenters. The number of esters is 1. The van der Waals surface area contributed by atoms with Gasteiger partial charge in [-0.25, -0.2) is 0 Å². The van der Waals surface area contributed by atoms with E-state index in [1.54, 1.807) is 0 Å². The Balaban J connectivity index is 3.32. The first-order chi connectivity index (χ1) is 7.70. The molecule has 0 aliphatic rings. The largest absolute Gasteiger partial charge is 0.466 e. The number of rotatable bonds is 10. The molecule has 0 aromatic heterocycles. The van der Waals surface area contributed by atoms with Crippen LogP contribution in [-0.2, 0) is 9.53 Å². The van der Waals surface area contributed by atoms with E-state index >= 15 is 0 Å². The summed E-state index contributed by atoms with van der Waals surface area (Å²) in [6.07, 6.45) is 6.80. The lowest BCUT2D eigenvalue weighted by atomic mass is 10.1. The van der Waals surface area contributed by atoms with E-state index in [-0.39, 0.29) is 12.1 Å². The number of aliphatic hydroxyl groups excluding tert-OH is 1. The highest BCUT2D eigenvalue weighted by molar-refractivity contribution is 5.69. The van der Waals surface area contributed by atoms with Crippen LogP contribution in [0.25, 0.3) is 0 Å². The Bertz CT molecular complexity index is 169. The Morgan fingerprint density at radius 2 is 1.81 bits per heavy atom. The monoisotopic (exact) mass is 230 g/mol. The van der Waals surface area contributed by atoms with Crippen LogP contribution in [0.15, 0.2) is 0 Å². The lowest BCUT2D eigenvalue weighted by Gasteiger charge is -2.09.